The van der Waals surface area contributed by atoms with Crippen molar-refractivity contribution in [2.45, 2.75) is 35.8 Å². The minimum absolute atomic E-state index is 0.168. The molecule has 0 bridgehead atoms. The van der Waals surface area contributed by atoms with E-state index in [2.05, 4.69) is 27.3 Å². The molecule has 0 amide bonds. The van der Waals surface area contributed by atoms with Gasteiger partial charge in [-0.1, -0.05) is 53.2 Å². The molecule has 3 heterocycles. The highest BCUT2D eigenvalue weighted by atomic mass is 32.2. The molecular formula is C28H28N4O4S. The van der Waals surface area contributed by atoms with Crippen LogP contribution in [0.25, 0.3) is 0 Å². The van der Waals surface area contributed by atoms with Gasteiger partial charge < -0.3 is 14.4 Å². The van der Waals surface area contributed by atoms with E-state index in [1.165, 1.54) is 0 Å². The number of anilines is 1. The van der Waals surface area contributed by atoms with E-state index in [0.717, 1.165) is 38.6 Å². The van der Waals surface area contributed by atoms with Crippen LogP contribution >= 0.6 is 0 Å². The summed E-state index contributed by atoms with van der Waals surface area (Å²) in [5, 5.41) is 8.59. The Labute approximate surface area is 216 Å². The average molecular weight is 517 g/mol. The number of likely N-dealkylation sites (N-methyl/N-ethyl adjacent to an activating group) is 1. The lowest BCUT2D eigenvalue weighted by molar-refractivity contribution is 0.0826. The number of benzene rings is 3. The Morgan fingerprint density at radius 2 is 1.78 bits per heavy atom. The standard InChI is InChI=1S/C28H28N4O4S/c1-19-8-14-22(15-9-19)37(33,34)32-18-24(29-30-32)26(20-10-12-21(35-3)13-11-20)28-16-17-36-27(28)31(2)25-7-5-4-6-23(25)28/h4-15,18,26-27H,16-17H2,1-3H3/t26-,27+,28+/m1/s1. The fourth-order valence-corrected chi connectivity index (χ4v) is 7.01. The second kappa shape index (κ2) is 8.71. The zero-order valence-electron chi connectivity index (χ0n) is 20.9. The highest BCUT2D eigenvalue weighted by Crippen LogP contribution is 2.58. The van der Waals surface area contributed by atoms with E-state index in [-0.39, 0.29) is 17.0 Å². The average Bonchev–Trinajstić information content (AvgIpc) is 3.63. The van der Waals surface area contributed by atoms with Gasteiger partial charge in [-0.05, 0) is 54.8 Å². The molecule has 1 fully saturated rings. The molecule has 2 aliphatic rings. The third-order valence-electron chi connectivity index (χ3n) is 7.69. The largest absolute Gasteiger partial charge is 0.497 e. The number of fused-ring (bicyclic) bond motifs is 3. The fourth-order valence-electron chi connectivity index (χ4n) is 5.94. The molecule has 0 spiro atoms. The van der Waals surface area contributed by atoms with Gasteiger partial charge in [-0.25, -0.2) is 0 Å². The van der Waals surface area contributed by atoms with Crippen molar-refractivity contribution < 1.29 is 17.9 Å². The predicted octanol–water partition coefficient (Wildman–Crippen LogP) is 4.10. The van der Waals surface area contributed by atoms with Crippen molar-refractivity contribution in [3.05, 3.63) is 101 Å². The molecule has 190 valence electrons. The number of hydrogen-bond acceptors (Lipinski definition) is 7. The summed E-state index contributed by atoms with van der Waals surface area (Å²) in [6.07, 6.45) is 2.08. The van der Waals surface area contributed by atoms with E-state index in [1.807, 2.05) is 50.4 Å². The lowest BCUT2D eigenvalue weighted by Gasteiger charge is -2.37. The quantitative estimate of drug-likeness (QED) is 0.381. The second-order valence-electron chi connectivity index (χ2n) is 9.68. The van der Waals surface area contributed by atoms with Gasteiger partial charge in [-0.15, -0.1) is 9.19 Å². The summed E-state index contributed by atoms with van der Waals surface area (Å²) < 4.78 is 39.5. The Bertz CT molecular complexity index is 1550. The maximum Gasteiger partial charge on any atom is 0.284 e. The van der Waals surface area contributed by atoms with Crippen LogP contribution in [-0.2, 0) is 20.2 Å². The first-order valence-electron chi connectivity index (χ1n) is 12.2. The Morgan fingerprint density at radius 1 is 1.05 bits per heavy atom. The lowest BCUT2D eigenvalue weighted by Crippen LogP contribution is -2.44. The van der Waals surface area contributed by atoms with Crippen LogP contribution in [0.4, 0.5) is 5.69 Å². The van der Waals surface area contributed by atoms with Crippen molar-refractivity contribution >= 4 is 15.7 Å². The number of para-hydroxylation sites is 1. The molecule has 0 aliphatic carbocycles. The maximum atomic E-state index is 13.4. The summed E-state index contributed by atoms with van der Waals surface area (Å²) in [7, 11) is -0.222. The number of aryl methyl sites for hydroxylation is 1. The van der Waals surface area contributed by atoms with E-state index in [0.29, 0.717) is 12.3 Å². The van der Waals surface area contributed by atoms with Crippen LogP contribution in [0.1, 0.15) is 34.7 Å². The molecule has 37 heavy (non-hydrogen) atoms. The van der Waals surface area contributed by atoms with E-state index in [4.69, 9.17) is 9.47 Å². The molecule has 3 atom stereocenters. The summed E-state index contributed by atoms with van der Waals surface area (Å²) in [5.41, 5.74) is 4.33. The van der Waals surface area contributed by atoms with Gasteiger partial charge >= 0.3 is 0 Å². The monoisotopic (exact) mass is 516 g/mol. The van der Waals surface area contributed by atoms with E-state index >= 15 is 0 Å². The summed E-state index contributed by atoms with van der Waals surface area (Å²) in [6.45, 7) is 2.51. The summed E-state index contributed by atoms with van der Waals surface area (Å²) in [6, 6.07) is 22.9. The van der Waals surface area contributed by atoms with Crippen molar-refractivity contribution in [2.75, 3.05) is 25.7 Å². The van der Waals surface area contributed by atoms with E-state index in [1.54, 1.807) is 37.6 Å². The molecule has 0 unspecified atom stereocenters. The van der Waals surface area contributed by atoms with Crippen LogP contribution in [0.5, 0.6) is 5.75 Å². The van der Waals surface area contributed by atoms with Crippen LogP contribution in [-0.4, -0.2) is 49.8 Å². The first-order valence-corrected chi connectivity index (χ1v) is 13.6. The minimum atomic E-state index is -3.90. The molecule has 4 aromatic rings. The Balaban J connectivity index is 1.53. The predicted molar refractivity (Wildman–Crippen MR) is 140 cm³/mol. The van der Waals surface area contributed by atoms with Crippen LogP contribution < -0.4 is 9.64 Å². The smallest absolute Gasteiger partial charge is 0.284 e. The highest BCUT2D eigenvalue weighted by molar-refractivity contribution is 7.89. The van der Waals surface area contributed by atoms with Crippen LogP contribution in [0.15, 0.2) is 83.9 Å². The zero-order chi connectivity index (χ0) is 25.8. The summed E-state index contributed by atoms with van der Waals surface area (Å²) >= 11 is 0. The molecule has 3 aromatic carbocycles. The van der Waals surface area contributed by atoms with Crippen LogP contribution in [0.3, 0.4) is 0 Å². The van der Waals surface area contributed by atoms with Crippen molar-refractivity contribution in [3.63, 3.8) is 0 Å². The summed E-state index contributed by atoms with van der Waals surface area (Å²) in [5.74, 6) is 0.438. The van der Waals surface area contributed by atoms with Crippen LogP contribution in [0.2, 0.25) is 0 Å². The van der Waals surface area contributed by atoms with E-state index in [9.17, 15) is 8.42 Å². The molecule has 6 rings (SSSR count). The molecule has 0 radical (unpaired) electrons. The SMILES string of the molecule is COc1ccc([C@H](c2cn(S(=O)(=O)c3ccc(C)cc3)nn2)[C@@]23CCO[C@@H]2N(C)c2ccccc23)cc1. The number of ether oxygens (including phenoxy) is 2. The van der Waals surface area contributed by atoms with Gasteiger partial charge in [0.05, 0.1) is 35.9 Å². The third kappa shape index (κ3) is 3.56. The molecule has 0 N–H and O–H groups in total. The maximum absolute atomic E-state index is 13.4. The third-order valence-corrected chi connectivity index (χ3v) is 9.22. The zero-order valence-corrected chi connectivity index (χ0v) is 21.7. The number of rotatable bonds is 6. The second-order valence-corrected chi connectivity index (χ2v) is 11.5. The molecule has 0 saturated carbocycles. The molecule has 1 aromatic heterocycles. The van der Waals surface area contributed by atoms with Gasteiger partial charge in [-0.3, -0.25) is 0 Å². The number of nitrogens with zero attached hydrogens (tertiary/aromatic N) is 4. The minimum Gasteiger partial charge on any atom is -0.497 e. The molecular weight excluding hydrogens is 488 g/mol. The molecule has 8 nitrogen and oxygen atoms in total. The first-order chi connectivity index (χ1) is 17.9. The van der Waals surface area contributed by atoms with Gasteiger partial charge in [-0.2, -0.15) is 8.42 Å². The Kier molecular flexibility index (Phi) is 5.58. The topological polar surface area (TPSA) is 86.5 Å². The Morgan fingerprint density at radius 3 is 2.51 bits per heavy atom. The number of hydrogen-bond donors (Lipinski definition) is 0. The van der Waals surface area contributed by atoms with Gasteiger partial charge in [0.25, 0.3) is 10.0 Å². The van der Waals surface area contributed by atoms with Gasteiger partial charge in [0.2, 0.25) is 0 Å². The fraction of sp³-hybridized carbons (Fsp3) is 0.286. The number of methoxy groups -OCH3 is 1. The first kappa shape index (κ1) is 23.7. The molecule has 2 aliphatic heterocycles. The van der Waals surface area contributed by atoms with Crippen LogP contribution in [0, 0.1) is 6.92 Å². The lowest BCUT2D eigenvalue weighted by atomic mass is 9.65. The molecule has 9 heteroatoms. The normalized spacial score (nSPS) is 21.5. The number of aromatic nitrogens is 3. The van der Waals surface area contributed by atoms with Crippen molar-refractivity contribution in [2.24, 2.45) is 0 Å². The van der Waals surface area contributed by atoms with Crippen molar-refractivity contribution in [1.29, 1.82) is 0 Å². The van der Waals surface area contributed by atoms with Gasteiger partial charge in [0.15, 0.2) is 0 Å². The van der Waals surface area contributed by atoms with Gasteiger partial charge in [0, 0.05) is 18.7 Å². The Hall–Kier alpha value is -3.69. The van der Waals surface area contributed by atoms with Crippen molar-refractivity contribution in [3.8, 4) is 5.75 Å². The molecule has 1 saturated heterocycles. The van der Waals surface area contributed by atoms with E-state index < -0.39 is 15.4 Å². The van der Waals surface area contributed by atoms with Gasteiger partial charge in [0.1, 0.15) is 12.0 Å². The highest BCUT2D eigenvalue weighted by Gasteiger charge is 2.59. The summed E-state index contributed by atoms with van der Waals surface area (Å²) in [4.78, 5) is 2.34. The van der Waals surface area contributed by atoms with Crippen molar-refractivity contribution in [1.82, 2.24) is 14.4 Å².